The minimum Gasteiger partial charge on any atom is -0.383 e. The summed E-state index contributed by atoms with van der Waals surface area (Å²) in [7, 11) is 0. The van der Waals surface area contributed by atoms with Crippen molar-refractivity contribution in [3.63, 3.8) is 0 Å². The number of aromatic nitrogens is 1. The average molecular weight is 209 g/mol. The lowest BCUT2D eigenvalue weighted by Crippen LogP contribution is -2.31. The molecule has 2 rings (SSSR count). The number of amides is 1. The van der Waals surface area contributed by atoms with Gasteiger partial charge >= 0.3 is 0 Å². The highest BCUT2D eigenvalue weighted by Crippen LogP contribution is 2.10. The zero-order valence-electron chi connectivity index (χ0n) is 8.16. The van der Waals surface area contributed by atoms with Crippen LogP contribution >= 0.6 is 0 Å². The predicted octanol–water partition coefficient (Wildman–Crippen LogP) is 0.911. The van der Waals surface area contributed by atoms with Gasteiger partial charge < -0.3 is 10.6 Å². The van der Waals surface area contributed by atoms with Crippen LogP contribution < -0.4 is 10.6 Å². The Morgan fingerprint density at radius 3 is 3.20 bits per heavy atom. The zero-order valence-corrected chi connectivity index (χ0v) is 8.16. The molecule has 1 unspecified atom stereocenters. The van der Waals surface area contributed by atoms with E-state index in [-0.39, 0.29) is 11.9 Å². The van der Waals surface area contributed by atoms with Crippen LogP contribution in [0.25, 0.3) is 0 Å². The number of carbonyl (C=O) groups excluding carboxylic acids is 1. The van der Waals surface area contributed by atoms with E-state index in [0.717, 1.165) is 6.42 Å². The van der Waals surface area contributed by atoms with Crippen molar-refractivity contribution < 1.29 is 9.18 Å². The third-order valence-electron chi connectivity index (χ3n) is 2.36. The molecule has 0 spiro atoms. The molecule has 1 amide bonds. The van der Waals surface area contributed by atoms with Crippen LogP contribution in [0.1, 0.15) is 12.8 Å². The van der Waals surface area contributed by atoms with Gasteiger partial charge in [0.1, 0.15) is 0 Å². The third kappa shape index (κ3) is 2.65. The normalized spacial score (nSPS) is 20.1. The Hall–Kier alpha value is -1.65. The Bertz CT molecular complexity index is 369. The van der Waals surface area contributed by atoms with E-state index < -0.39 is 5.95 Å². The Balaban J connectivity index is 1.85. The van der Waals surface area contributed by atoms with E-state index in [2.05, 4.69) is 15.6 Å². The van der Waals surface area contributed by atoms with Gasteiger partial charge in [0.05, 0.1) is 0 Å². The molecule has 15 heavy (non-hydrogen) atoms. The number of hydrogen-bond donors (Lipinski definition) is 2. The minimum absolute atomic E-state index is 0.0858. The highest BCUT2D eigenvalue weighted by molar-refractivity contribution is 5.78. The van der Waals surface area contributed by atoms with Crippen LogP contribution in [-0.4, -0.2) is 23.5 Å². The van der Waals surface area contributed by atoms with Crippen molar-refractivity contribution >= 4 is 11.6 Å². The van der Waals surface area contributed by atoms with Gasteiger partial charge in [-0.2, -0.15) is 4.39 Å². The SMILES string of the molecule is O=C1CCC(CNc2ccnc(F)c2)N1. The summed E-state index contributed by atoms with van der Waals surface area (Å²) in [5, 5.41) is 5.88. The Labute approximate surface area is 86.9 Å². The summed E-state index contributed by atoms with van der Waals surface area (Å²) in [4.78, 5) is 14.4. The fourth-order valence-corrected chi connectivity index (χ4v) is 1.58. The lowest BCUT2D eigenvalue weighted by molar-refractivity contribution is -0.119. The van der Waals surface area contributed by atoms with Gasteiger partial charge in [-0.05, 0) is 12.5 Å². The van der Waals surface area contributed by atoms with Gasteiger partial charge in [-0.15, -0.1) is 0 Å². The van der Waals surface area contributed by atoms with Gasteiger partial charge in [0, 0.05) is 37.0 Å². The fourth-order valence-electron chi connectivity index (χ4n) is 1.58. The van der Waals surface area contributed by atoms with E-state index in [1.165, 1.54) is 12.3 Å². The molecule has 0 bridgehead atoms. The summed E-state index contributed by atoms with van der Waals surface area (Å²) in [5.74, 6) is -0.418. The average Bonchev–Trinajstić information content (AvgIpc) is 2.62. The number of carbonyl (C=O) groups is 1. The first kappa shape index (κ1) is 9.89. The van der Waals surface area contributed by atoms with Gasteiger partial charge in [-0.1, -0.05) is 0 Å². The van der Waals surface area contributed by atoms with E-state index >= 15 is 0 Å². The van der Waals surface area contributed by atoms with Crippen LogP contribution in [0, 0.1) is 5.95 Å². The van der Waals surface area contributed by atoms with Crippen LogP contribution in [0.4, 0.5) is 10.1 Å². The van der Waals surface area contributed by atoms with Crippen LogP contribution in [0.15, 0.2) is 18.3 Å². The van der Waals surface area contributed by atoms with Crippen molar-refractivity contribution in [2.45, 2.75) is 18.9 Å². The highest BCUT2D eigenvalue weighted by Gasteiger charge is 2.19. The molecule has 80 valence electrons. The van der Waals surface area contributed by atoms with Crippen molar-refractivity contribution in [1.82, 2.24) is 10.3 Å². The topological polar surface area (TPSA) is 54.0 Å². The molecule has 0 radical (unpaired) electrons. The molecule has 0 aromatic carbocycles. The lowest BCUT2D eigenvalue weighted by atomic mass is 10.2. The summed E-state index contributed by atoms with van der Waals surface area (Å²) in [6.07, 6.45) is 2.82. The maximum absolute atomic E-state index is 12.7. The molecule has 1 fully saturated rings. The van der Waals surface area contributed by atoms with Crippen LogP contribution in [-0.2, 0) is 4.79 Å². The van der Waals surface area contributed by atoms with E-state index in [0.29, 0.717) is 18.7 Å². The van der Waals surface area contributed by atoms with Crippen LogP contribution in [0.2, 0.25) is 0 Å². The van der Waals surface area contributed by atoms with Crippen LogP contribution in [0.3, 0.4) is 0 Å². The molecule has 4 nitrogen and oxygen atoms in total. The predicted molar refractivity (Wildman–Crippen MR) is 53.8 cm³/mol. The Kier molecular flexibility index (Phi) is 2.80. The molecule has 1 aromatic rings. The molecule has 1 aliphatic heterocycles. The summed E-state index contributed by atoms with van der Waals surface area (Å²) in [6, 6.07) is 3.17. The number of halogens is 1. The number of nitrogens with one attached hydrogen (secondary N) is 2. The third-order valence-corrected chi connectivity index (χ3v) is 2.36. The quantitative estimate of drug-likeness (QED) is 0.727. The molecule has 1 atom stereocenters. The summed E-state index contributed by atoms with van der Waals surface area (Å²) in [6.45, 7) is 0.620. The number of nitrogens with zero attached hydrogens (tertiary/aromatic N) is 1. The molecule has 0 aliphatic carbocycles. The maximum Gasteiger partial charge on any atom is 0.220 e. The van der Waals surface area contributed by atoms with Gasteiger partial charge in [0.2, 0.25) is 11.9 Å². The minimum atomic E-state index is -0.504. The van der Waals surface area contributed by atoms with Gasteiger partial charge in [-0.25, -0.2) is 4.98 Å². The van der Waals surface area contributed by atoms with E-state index in [1.807, 2.05) is 0 Å². The van der Waals surface area contributed by atoms with Crippen molar-refractivity contribution in [1.29, 1.82) is 0 Å². The second-order valence-electron chi connectivity index (χ2n) is 3.55. The lowest BCUT2D eigenvalue weighted by Gasteiger charge is -2.11. The molecule has 0 saturated carbocycles. The maximum atomic E-state index is 12.7. The van der Waals surface area contributed by atoms with Crippen molar-refractivity contribution in [3.05, 3.63) is 24.3 Å². The first-order valence-corrected chi connectivity index (χ1v) is 4.89. The first-order chi connectivity index (χ1) is 7.24. The fraction of sp³-hybridized carbons (Fsp3) is 0.400. The molecule has 2 heterocycles. The smallest absolute Gasteiger partial charge is 0.220 e. The standard InChI is InChI=1S/C10H12FN3O/c11-9-5-7(3-4-12-9)13-6-8-1-2-10(15)14-8/h3-5,8H,1-2,6H2,(H,12,13)(H,14,15). The summed E-state index contributed by atoms with van der Waals surface area (Å²) < 4.78 is 12.7. The Morgan fingerprint density at radius 2 is 2.53 bits per heavy atom. The molecule has 2 N–H and O–H groups in total. The van der Waals surface area contributed by atoms with Gasteiger partial charge in [-0.3, -0.25) is 4.79 Å². The second kappa shape index (κ2) is 4.25. The summed E-state index contributed by atoms with van der Waals surface area (Å²) >= 11 is 0. The van der Waals surface area contributed by atoms with E-state index in [1.54, 1.807) is 6.07 Å². The number of anilines is 1. The number of hydrogen-bond acceptors (Lipinski definition) is 3. The molecule has 5 heteroatoms. The molecular formula is C10H12FN3O. The van der Waals surface area contributed by atoms with Crippen molar-refractivity contribution in [2.75, 3.05) is 11.9 Å². The zero-order chi connectivity index (χ0) is 10.7. The van der Waals surface area contributed by atoms with Gasteiger partial charge in [0.25, 0.3) is 0 Å². The molecule has 1 saturated heterocycles. The second-order valence-corrected chi connectivity index (χ2v) is 3.55. The van der Waals surface area contributed by atoms with Crippen molar-refractivity contribution in [2.24, 2.45) is 0 Å². The molecule has 1 aliphatic rings. The Morgan fingerprint density at radius 1 is 1.67 bits per heavy atom. The first-order valence-electron chi connectivity index (χ1n) is 4.89. The molecule has 1 aromatic heterocycles. The highest BCUT2D eigenvalue weighted by atomic mass is 19.1. The van der Waals surface area contributed by atoms with E-state index in [9.17, 15) is 9.18 Å². The monoisotopic (exact) mass is 209 g/mol. The number of pyridine rings is 1. The van der Waals surface area contributed by atoms with Crippen molar-refractivity contribution in [3.8, 4) is 0 Å². The van der Waals surface area contributed by atoms with E-state index in [4.69, 9.17) is 0 Å². The van der Waals surface area contributed by atoms with Crippen LogP contribution in [0.5, 0.6) is 0 Å². The van der Waals surface area contributed by atoms with Gasteiger partial charge in [0.15, 0.2) is 0 Å². The number of rotatable bonds is 3. The molecular weight excluding hydrogens is 197 g/mol. The summed E-state index contributed by atoms with van der Waals surface area (Å²) in [5.41, 5.74) is 0.684. The largest absolute Gasteiger partial charge is 0.383 e.